The van der Waals surface area contributed by atoms with Crippen LogP contribution < -0.4 is 19.0 Å². The Morgan fingerprint density at radius 3 is 1.92 bits per heavy atom. The van der Waals surface area contributed by atoms with Gasteiger partial charge in [-0.1, -0.05) is 0 Å². The van der Waals surface area contributed by atoms with Crippen LogP contribution in [0.4, 0.5) is 0 Å². The SMILES string of the molecule is COc1ccc(/C=N/[n+]2cn[nH]c2)cc1O.COc1ccc(/C=N/n2cnnc2)cc1O.O.O=P([O-])(O)O. The lowest BCUT2D eigenvalue weighted by Gasteiger charge is -2.02. The number of hydrogen-bond acceptors (Lipinski definition) is 11. The molecule has 2 aromatic heterocycles. The molecule has 0 aliphatic heterocycles. The van der Waals surface area contributed by atoms with Crippen molar-refractivity contribution in [2.45, 2.75) is 0 Å². The van der Waals surface area contributed by atoms with E-state index in [2.05, 4.69) is 30.6 Å². The largest absolute Gasteiger partial charge is 0.756 e. The van der Waals surface area contributed by atoms with Crippen LogP contribution >= 0.6 is 7.82 Å². The van der Waals surface area contributed by atoms with Gasteiger partial charge in [0.15, 0.2) is 23.0 Å². The molecule has 0 saturated carbocycles. The molecule has 0 aliphatic rings. The summed E-state index contributed by atoms with van der Waals surface area (Å²) in [5, 5.41) is 40.8. The molecule has 17 nitrogen and oxygen atoms in total. The summed E-state index contributed by atoms with van der Waals surface area (Å²) in [6.45, 7) is 0. The summed E-state index contributed by atoms with van der Waals surface area (Å²) < 4.78 is 21.6. The van der Waals surface area contributed by atoms with E-state index in [1.165, 1.54) is 42.6 Å². The third-order valence-electron chi connectivity index (χ3n) is 3.93. The van der Waals surface area contributed by atoms with E-state index in [-0.39, 0.29) is 17.0 Å². The summed E-state index contributed by atoms with van der Waals surface area (Å²) in [4.78, 5) is 22.9. The molecule has 0 unspecified atom stereocenters. The number of nitrogens with zero attached hydrogens (tertiary/aromatic N) is 7. The van der Waals surface area contributed by atoms with Crippen molar-refractivity contribution in [2.75, 3.05) is 14.2 Å². The van der Waals surface area contributed by atoms with Gasteiger partial charge < -0.3 is 39.8 Å². The molecule has 2 aromatic carbocycles. The number of aromatic hydroxyl groups is 2. The van der Waals surface area contributed by atoms with Gasteiger partial charge in [0.1, 0.15) is 12.7 Å². The average molecular weight is 552 g/mol. The molecule has 7 N–H and O–H groups in total. The van der Waals surface area contributed by atoms with Gasteiger partial charge in [-0.15, -0.1) is 25.1 Å². The first-order valence-corrected chi connectivity index (χ1v) is 11.5. The summed E-state index contributed by atoms with van der Waals surface area (Å²) in [6, 6.07) is 10.1. The highest BCUT2D eigenvalue weighted by atomic mass is 31.2. The normalized spacial score (nSPS) is 10.7. The van der Waals surface area contributed by atoms with Crippen molar-refractivity contribution in [3.05, 3.63) is 72.8 Å². The minimum atomic E-state index is -4.89. The number of nitrogens with one attached hydrogen (secondary N) is 1. The van der Waals surface area contributed by atoms with Crippen LogP contribution in [0.2, 0.25) is 0 Å². The van der Waals surface area contributed by atoms with E-state index in [1.807, 2.05) is 0 Å². The second-order valence-corrected chi connectivity index (χ2v) is 7.55. The molecule has 0 fully saturated rings. The van der Waals surface area contributed by atoms with E-state index in [9.17, 15) is 10.2 Å². The molecule has 4 aromatic rings. The highest BCUT2D eigenvalue weighted by Gasteiger charge is 2.02. The first-order valence-electron chi connectivity index (χ1n) is 9.93. The minimum Gasteiger partial charge on any atom is -0.756 e. The maximum Gasteiger partial charge on any atom is 0.288 e. The van der Waals surface area contributed by atoms with E-state index >= 15 is 0 Å². The van der Waals surface area contributed by atoms with Crippen molar-refractivity contribution >= 4 is 20.3 Å². The monoisotopic (exact) mass is 552 g/mol. The fourth-order valence-corrected chi connectivity index (χ4v) is 2.38. The fraction of sp³-hybridized carbons (Fsp3) is 0.100. The number of phosphoric acid groups is 1. The molecule has 38 heavy (non-hydrogen) atoms. The molecule has 0 amide bonds. The first kappa shape index (κ1) is 31.4. The number of benzene rings is 2. The Balaban J connectivity index is 0.000000317. The molecular weight excluding hydrogens is 527 g/mol. The number of methoxy groups -OCH3 is 2. The molecule has 204 valence electrons. The first-order chi connectivity index (χ1) is 17.6. The van der Waals surface area contributed by atoms with Gasteiger partial charge in [0.2, 0.25) is 6.33 Å². The maximum absolute atomic E-state index is 9.54. The minimum absolute atomic E-state index is 0. The zero-order valence-electron chi connectivity index (χ0n) is 19.9. The Labute approximate surface area is 215 Å². The number of H-pyrrole nitrogens is 1. The van der Waals surface area contributed by atoms with Crippen LogP contribution in [0, 0.1) is 0 Å². The lowest BCUT2D eigenvalue weighted by Crippen LogP contribution is -2.23. The summed E-state index contributed by atoms with van der Waals surface area (Å²) in [5.74, 6) is 1.04. The second-order valence-electron chi connectivity index (χ2n) is 6.57. The molecular formula is C20H25N8O9P. The van der Waals surface area contributed by atoms with Crippen LogP contribution in [0.1, 0.15) is 11.1 Å². The molecule has 4 rings (SSSR count). The fourth-order valence-electron chi connectivity index (χ4n) is 2.38. The maximum atomic E-state index is 9.54. The average Bonchev–Trinajstić information content (AvgIpc) is 3.55. The quantitative estimate of drug-likeness (QED) is 0.108. The molecule has 2 heterocycles. The summed E-state index contributed by atoms with van der Waals surface area (Å²) >= 11 is 0. The summed E-state index contributed by atoms with van der Waals surface area (Å²) in [6.07, 6.45) is 9.26. The van der Waals surface area contributed by atoms with E-state index in [4.69, 9.17) is 28.7 Å². The van der Waals surface area contributed by atoms with Gasteiger partial charge in [0.25, 0.3) is 14.2 Å². The summed E-state index contributed by atoms with van der Waals surface area (Å²) in [5.41, 5.74) is 1.53. The molecule has 0 saturated heterocycles. The van der Waals surface area contributed by atoms with Crippen molar-refractivity contribution < 1.29 is 49.1 Å². The molecule has 0 bridgehead atoms. The summed E-state index contributed by atoms with van der Waals surface area (Å²) in [7, 11) is -1.88. The van der Waals surface area contributed by atoms with Crippen LogP contribution in [0.3, 0.4) is 0 Å². The number of phenolic OH excluding ortho intramolecular Hbond substituents is 2. The van der Waals surface area contributed by atoms with Crippen molar-refractivity contribution in [1.82, 2.24) is 25.1 Å². The Morgan fingerprint density at radius 1 is 1.00 bits per heavy atom. The van der Waals surface area contributed by atoms with Crippen LogP contribution in [0.15, 0.2) is 71.9 Å². The molecule has 0 radical (unpaired) electrons. The van der Waals surface area contributed by atoms with Crippen LogP contribution in [-0.4, -0.2) is 77.2 Å². The van der Waals surface area contributed by atoms with E-state index < -0.39 is 7.82 Å². The third-order valence-corrected chi connectivity index (χ3v) is 3.93. The van der Waals surface area contributed by atoms with Crippen LogP contribution in [0.5, 0.6) is 23.0 Å². The van der Waals surface area contributed by atoms with Gasteiger partial charge in [0, 0.05) is 5.10 Å². The molecule has 0 aliphatic carbocycles. The van der Waals surface area contributed by atoms with Crippen LogP contribution in [0.25, 0.3) is 0 Å². The van der Waals surface area contributed by atoms with Crippen molar-refractivity contribution in [2.24, 2.45) is 10.2 Å². The van der Waals surface area contributed by atoms with Gasteiger partial charge in [-0.25, -0.2) is 4.68 Å². The third kappa shape index (κ3) is 11.8. The van der Waals surface area contributed by atoms with Crippen molar-refractivity contribution in [3.63, 3.8) is 0 Å². The van der Waals surface area contributed by atoms with E-state index in [0.717, 1.165) is 11.1 Å². The topological polar surface area (TPSA) is 259 Å². The highest BCUT2D eigenvalue weighted by Crippen LogP contribution is 2.26. The van der Waals surface area contributed by atoms with Gasteiger partial charge in [-0.3, -0.25) is 4.57 Å². The second kappa shape index (κ2) is 15.4. The zero-order chi connectivity index (χ0) is 27.3. The number of rotatable bonds is 6. The van der Waals surface area contributed by atoms with Gasteiger partial charge in [-0.2, -0.15) is 5.10 Å². The van der Waals surface area contributed by atoms with Crippen molar-refractivity contribution in [1.29, 1.82) is 0 Å². The number of aromatic amines is 1. The van der Waals surface area contributed by atoms with Gasteiger partial charge in [0.05, 0.1) is 26.6 Å². The predicted octanol–water partition coefficient (Wildman–Crippen LogP) is -1.22. The number of ether oxygens (including phenoxy) is 2. The van der Waals surface area contributed by atoms with E-state index in [0.29, 0.717) is 11.5 Å². The Hall–Kier alpha value is -4.67. The lowest BCUT2D eigenvalue weighted by molar-refractivity contribution is -0.678. The highest BCUT2D eigenvalue weighted by molar-refractivity contribution is 7.43. The number of aromatic nitrogens is 6. The molecule has 18 heteroatoms. The zero-order valence-corrected chi connectivity index (χ0v) is 20.8. The number of hydrogen-bond donors (Lipinski definition) is 5. The Bertz CT molecular complexity index is 1240. The predicted molar refractivity (Wildman–Crippen MR) is 130 cm³/mol. The Morgan fingerprint density at radius 2 is 1.50 bits per heavy atom. The van der Waals surface area contributed by atoms with Gasteiger partial charge in [-0.05, 0) is 47.5 Å². The van der Waals surface area contributed by atoms with Crippen LogP contribution in [-0.2, 0) is 4.57 Å². The van der Waals surface area contributed by atoms with Crippen molar-refractivity contribution in [3.8, 4) is 23.0 Å². The standard InChI is InChI=1S/2C10H10N4O2.H3O4P.H2O/c2*1-16-10-3-2-8(4-9(10)15)5-13-14-6-11-12-7-14;1-5(2,3)4;/h2*2-7,15H,1H3;(H3,1,2,3,4);1H2/b2*13-5+;;. The smallest absolute Gasteiger partial charge is 0.288 e. The van der Waals surface area contributed by atoms with Gasteiger partial charge >= 0.3 is 0 Å². The van der Waals surface area contributed by atoms with E-state index in [1.54, 1.807) is 55.2 Å². The lowest BCUT2D eigenvalue weighted by atomic mass is 10.2. The molecule has 0 spiro atoms. The Kier molecular flexibility index (Phi) is 12.7. The number of phenols is 2. The molecule has 0 atom stereocenters.